The number of anilines is 1. The normalized spacial score (nSPS) is 20.2. The van der Waals surface area contributed by atoms with E-state index >= 15 is 0 Å². The highest BCUT2D eigenvalue weighted by Gasteiger charge is 2.31. The number of benzene rings is 1. The molecule has 25 heavy (non-hydrogen) atoms. The van der Waals surface area contributed by atoms with Gasteiger partial charge in [0.1, 0.15) is 0 Å². The van der Waals surface area contributed by atoms with Crippen LogP contribution in [-0.2, 0) is 9.53 Å². The minimum absolute atomic E-state index is 0.192. The molecule has 2 rings (SSSR count). The average Bonchev–Trinajstić information content (AvgIpc) is 2.59. The highest BCUT2D eigenvalue weighted by Crippen LogP contribution is 2.18. The lowest BCUT2D eigenvalue weighted by Crippen LogP contribution is -2.56. The quantitative estimate of drug-likeness (QED) is 0.806. The molecule has 1 aliphatic rings. The van der Waals surface area contributed by atoms with Crippen LogP contribution in [0, 0.1) is 6.92 Å². The standard InChI is InChI=1S/C18H28N4O3/c1-4-21(15-8-6-5-7-13(15)2)10-9-20-18(24)22-11-14(3)25-16(12-22)17(19)23/h5-8,14,16H,4,9-12H2,1-3H3,(H2,19,23)(H,20,24)/t14-,16?/m1/s1. The molecule has 3 amide bonds. The first-order chi connectivity index (χ1) is 11.9. The number of amides is 3. The Balaban J connectivity index is 1.87. The number of nitrogens with zero attached hydrogens (tertiary/aromatic N) is 2. The van der Waals surface area contributed by atoms with Crippen LogP contribution in [0.5, 0.6) is 0 Å². The number of ether oxygens (including phenoxy) is 1. The van der Waals surface area contributed by atoms with Crippen molar-refractivity contribution in [2.45, 2.75) is 33.0 Å². The number of primary amides is 1. The van der Waals surface area contributed by atoms with E-state index in [0.29, 0.717) is 19.6 Å². The molecule has 0 aliphatic carbocycles. The Labute approximate surface area is 149 Å². The van der Waals surface area contributed by atoms with Crippen molar-refractivity contribution in [1.29, 1.82) is 0 Å². The molecule has 2 atom stereocenters. The van der Waals surface area contributed by atoms with E-state index in [4.69, 9.17) is 10.5 Å². The lowest BCUT2D eigenvalue weighted by Gasteiger charge is -2.35. The van der Waals surface area contributed by atoms with E-state index in [1.807, 2.05) is 19.1 Å². The van der Waals surface area contributed by atoms with Gasteiger partial charge in [0.2, 0.25) is 5.91 Å². The van der Waals surface area contributed by atoms with Crippen molar-refractivity contribution in [3.05, 3.63) is 29.8 Å². The fourth-order valence-electron chi connectivity index (χ4n) is 3.05. The van der Waals surface area contributed by atoms with E-state index in [1.54, 1.807) is 4.90 Å². The molecule has 1 unspecified atom stereocenters. The molecule has 1 aliphatic heterocycles. The fourth-order valence-corrected chi connectivity index (χ4v) is 3.05. The number of nitrogens with two attached hydrogens (primary N) is 1. The predicted octanol–water partition coefficient (Wildman–Crippen LogP) is 1.11. The van der Waals surface area contributed by atoms with Gasteiger partial charge >= 0.3 is 6.03 Å². The maximum atomic E-state index is 12.4. The maximum Gasteiger partial charge on any atom is 0.317 e. The second-order valence-corrected chi connectivity index (χ2v) is 6.34. The van der Waals surface area contributed by atoms with Gasteiger partial charge in [-0.1, -0.05) is 18.2 Å². The molecule has 3 N–H and O–H groups in total. The third kappa shape index (κ3) is 5.09. The van der Waals surface area contributed by atoms with Gasteiger partial charge in [-0.25, -0.2) is 4.79 Å². The number of rotatable bonds is 6. The molecule has 0 spiro atoms. The SMILES string of the molecule is CCN(CCNC(=O)N1CC(C(N)=O)O[C@H](C)C1)c1ccccc1C. The number of aryl methyl sites for hydroxylation is 1. The van der Waals surface area contributed by atoms with E-state index in [0.717, 1.165) is 6.54 Å². The van der Waals surface area contributed by atoms with Crippen LogP contribution in [0.1, 0.15) is 19.4 Å². The molecular formula is C18H28N4O3. The van der Waals surface area contributed by atoms with Gasteiger partial charge in [0, 0.05) is 31.9 Å². The number of para-hydroxylation sites is 1. The molecule has 7 nitrogen and oxygen atoms in total. The average molecular weight is 348 g/mol. The van der Waals surface area contributed by atoms with Gasteiger partial charge in [0.05, 0.1) is 12.6 Å². The predicted molar refractivity (Wildman–Crippen MR) is 97.6 cm³/mol. The molecule has 0 bridgehead atoms. The second-order valence-electron chi connectivity index (χ2n) is 6.34. The zero-order chi connectivity index (χ0) is 18.4. The first-order valence-electron chi connectivity index (χ1n) is 8.70. The number of carbonyl (C=O) groups is 2. The summed E-state index contributed by atoms with van der Waals surface area (Å²) in [6.45, 7) is 8.74. The number of carbonyl (C=O) groups excluding carboxylic acids is 2. The Kier molecular flexibility index (Phi) is 6.64. The summed E-state index contributed by atoms with van der Waals surface area (Å²) in [6.07, 6.45) is -0.954. The van der Waals surface area contributed by atoms with Crippen molar-refractivity contribution >= 4 is 17.6 Å². The van der Waals surface area contributed by atoms with Crippen LogP contribution >= 0.6 is 0 Å². The summed E-state index contributed by atoms with van der Waals surface area (Å²) < 4.78 is 5.45. The highest BCUT2D eigenvalue weighted by atomic mass is 16.5. The lowest BCUT2D eigenvalue weighted by molar-refractivity contribution is -0.139. The number of hydrogen-bond donors (Lipinski definition) is 2. The van der Waals surface area contributed by atoms with Crippen molar-refractivity contribution in [2.75, 3.05) is 37.6 Å². The molecule has 1 aromatic carbocycles. The van der Waals surface area contributed by atoms with Crippen LogP contribution in [0.3, 0.4) is 0 Å². The molecule has 0 saturated carbocycles. The summed E-state index contributed by atoms with van der Waals surface area (Å²) in [4.78, 5) is 27.5. The van der Waals surface area contributed by atoms with Crippen LogP contribution in [0.4, 0.5) is 10.5 Å². The summed E-state index contributed by atoms with van der Waals surface area (Å²) >= 11 is 0. The van der Waals surface area contributed by atoms with E-state index < -0.39 is 12.0 Å². The molecule has 1 saturated heterocycles. The number of nitrogens with one attached hydrogen (secondary N) is 1. The van der Waals surface area contributed by atoms with E-state index in [1.165, 1.54) is 11.3 Å². The minimum Gasteiger partial charge on any atom is -0.370 e. The summed E-state index contributed by atoms with van der Waals surface area (Å²) in [6, 6.07) is 8.01. The Bertz CT molecular complexity index is 608. The Morgan fingerprint density at radius 1 is 1.36 bits per heavy atom. The summed E-state index contributed by atoms with van der Waals surface area (Å²) in [5.74, 6) is -0.541. The topological polar surface area (TPSA) is 87.9 Å². The van der Waals surface area contributed by atoms with Crippen LogP contribution < -0.4 is 16.0 Å². The molecular weight excluding hydrogens is 320 g/mol. The van der Waals surface area contributed by atoms with Crippen molar-refractivity contribution in [1.82, 2.24) is 10.2 Å². The lowest BCUT2D eigenvalue weighted by atomic mass is 10.2. The zero-order valence-electron chi connectivity index (χ0n) is 15.2. The smallest absolute Gasteiger partial charge is 0.317 e. The second kappa shape index (κ2) is 8.71. The fraction of sp³-hybridized carbons (Fsp3) is 0.556. The van der Waals surface area contributed by atoms with Crippen molar-refractivity contribution in [2.24, 2.45) is 5.73 Å². The summed E-state index contributed by atoms with van der Waals surface area (Å²) in [5.41, 5.74) is 7.68. The Hall–Kier alpha value is -2.28. The number of urea groups is 1. The molecule has 1 heterocycles. The molecule has 1 fully saturated rings. The maximum absolute atomic E-state index is 12.4. The van der Waals surface area contributed by atoms with Gasteiger partial charge in [0.15, 0.2) is 6.10 Å². The number of likely N-dealkylation sites (N-methyl/N-ethyl adjacent to an activating group) is 1. The Morgan fingerprint density at radius 3 is 2.72 bits per heavy atom. The van der Waals surface area contributed by atoms with Gasteiger partial charge in [-0.05, 0) is 32.4 Å². The zero-order valence-corrected chi connectivity index (χ0v) is 15.2. The molecule has 7 heteroatoms. The number of hydrogen-bond acceptors (Lipinski definition) is 4. The van der Waals surface area contributed by atoms with Gasteiger partial charge in [-0.3, -0.25) is 4.79 Å². The van der Waals surface area contributed by atoms with Crippen molar-refractivity contribution in [3.63, 3.8) is 0 Å². The summed E-state index contributed by atoms with van der Waals surface area (Å²) in [7, 11) is 0. The van der Waals surface area contributed by atoms with Gasteiger partial charge in [-0.2, -0.15) is 0 Å². The first-order valence-corrected chi connectivity index (χ1v) is 8.70. The number of morpholine rings is 1. The van der Waals surface area contributed by atoms with Crippen LogP contribution in [0.2, 0.25) is 0 Å². The van der Waals surface area contributed by atoms with E-state index in [9.17, 15) is 9.59 Å². The van der Waals surface area contributed by atoms with E-state index in [-0.39, 0.29) is 18.7 Å². The van der Waals surface area contributed by atoms with Crippen LogP contribution in [-0.4, -0.2) is 61.8 Å². The molecule has 1 aromatic rings. The van der Waals surface area contributed by atoms with Gasteiger partial charge in [0.25, 0.3) is 0 Å². The van der Waals surface area contributed by atoms with E-state index in [2.05, 4.69) is 36.2 Å². The van der Waals surface area contributed by atoms with Crippen LogP contribution in [0.15, 0.2) is 24.3 Å². The third-order valence-corrected chi connectivity index (χ3v) is 4.36. The van der Waals surface area contributed by atoms with Crippen molar-refractivity contribution < 1.29 is 14.3 Å². The van der Waals surface area contributed by atoms with Gasteiger partial charge in [-0.15, -0.1) is 0 Å². The van der Waals surface area contributed by atoms with Crippen molar-refractivity contribution in [3.8, 4) is 0 Å². The molecule has 0 aromatic heterocycles. The Morgan fingerprint density at radius 2 is 2.08 bits per heavy atom. The largest absolute Gasteiger partial charge is 0.370 e. The first kappa shape index (κ1) is 19.1. The van der Waals surface area contributed by atoms with Gasteiger partial charge < -0.3 is 25.6 Å². The summed E-state index contributed by atoms with van der Waals surface area (Å²) in [5, 5.41) is 2.92. The van der Waals surface area contributed by atoms with Crippen LogP contribution in [0.25, 0.3) is 0 Å². The monoisotopic (exact) mass is 348 g/mol. The molecule has 138 valence electrons. The third-order valence-electron chi connectivity index (χ3n) is 4.36. The minimum atomic E-state index is -0.742. The highest BCUT2D eigenvalue weighted by molar-refractivity contribution is 5.81. The molecule has 0 radical (unpaired) electrons.